The number of carboxylic acids is 1. The minimum atomic E-state index is -1.38. The first kappa shape index (κ1) is 17.2. The van der Waals surface area contributed by atoms with Crippen LogP contribution >= 0.6 is 0 Å². The number of nitrogens with one attached hydrogen (secondary N) is 1. The highest BCUT2D eigenvalue weighted by Gasteiger charge is 2.11. The molecule has 0 bridgehead atoms. The molecular weight excluding hydrogens is 326 g/mol. The zero-order valence-corrected chi connectivity index (χ0v) is 13.9. The van der Waals surface area contributed by atoms with Gasteiger partial charge >= 0.3 is 0 Å². The molecule has 0 saturated carbocycles. The minimum Gasteiger partial charge on any atom is -0.545 e. The summed E-state index contributed by atoms with van der Waals surface area (Å²) in [7, 11) is 0. The van der Waals surface area contributed by atoms with Gasteiger partial charge in [0.15, 0.2) is 0 Å². The van der Waals surface area contributed by atoms with Gasteiger partial charge in [0.25, 0.3) is 5.91 Å². The van der Waals surface area contributed by atoms with Crippen molar-refractivity contribution in [1.29, 1.82) is 0 Å². The molecule has 1 amide bonds. The first-order chi connectivity index (χ1) is 12.6. The largest absolute Gasteiger partial charge is 0.545 e. The molecule has 4 nitrogen and oxygen atoms in total. The van der Waals surface area contributed by atoms with Crippen molar-refractivity contribution in [2.45, 2.75) is 0 Å². The van der Waals surface area contributed by atoms with Crippen molar-refractivity contribution in [2.75, 3.05) is 5.32 Å². The van der Waals surface area contributed by atoms with Crippen LogP contribution in [-0.2, 0) is 0 Å². The van der Waals surface area contributed by atoms with Gasteiger partial charge in [-0.3, -0.25) is 4.79 Å². The summed E-state index contributed by atoms with van der Waals surface area (Å²) >= 11 is 0. The van der Waals surface area contributed by atoms with Gasteiger partial charge < -0.3 is 15.2 Å². The van der Waals surface area contributed by atoms with E-state index in [0.29, 0.717) is 5.69 Å². The van der Waals surface area contributed by atoms with E-state index in [1.54, 1.807) is 24.3 Å². The molecule has 0 saturated heterocycles. The third kappa shape index (κ3) is 4.24. The first-order valence-electron chi connectivity index (χ1n) is 8.08. The molecule has 0 atom stereocenters. The molecule has 0 aromatic heterocycles. The third-order valence-corrected chi connectivity index (χ3v) is 3.83. The number of carboxylic acid groups (broad SMARTS) is 1. The molecule has 26 heavy (non-hydrogen) atoms. The molecule has 0 aliphatic heterocycles. The van der Waals surface area contributed by atoms with Crippen molar-refractivity contribution in [1.82, 2.24) is 0 Å². The SMILES string of the molecule is O=C([O-])c1ccccc1C(=O)Nc1ccc(/C=C/c2ccccc2)cc1. The summed E-state index contributed by atoms with van der Waals surface area (Å²) in [5.41, 5.74) is 2.61. The molecule has 1 N–H and O–H groups in total. The van der Waals surface area contributed by atoms with Crippen molar-refractivity contribution >= 4 is 29.7 Å². The van der Waals surface area contributed by atoms with Gasteiger partial charge in [-0.15, -0.1) is 0 Å². The lowest BCUT2D eigenvalue weighted by Crippen LogP contribution is -2.26. The van der Waals surface area contributed by atoms with E-state index in [2.05, 4.69) is 5.32 Å². The van der Waals surface area contributed by atoms with Crippen LogP contribution in [0, 0.1) is 0 Å². The average molecular weight is 342 g/mol. The first-order valence-corrected chi connectivity index (χ1v) is 8.08. The van der Waals surface area contributed by atoms with Crippen LogP contribution in [0.3, 0.4) is 0 Å². The molecule has 128 valence electrons. The molecule has 0 radical (unpaired) electrons. The number of anilines is 1. The van der Waals surface area contributed by atoms with Crippen molar-refractivity contribution in [3.63, 3.8) is 0 Å². The average Bonchev–Trinajstić information content (AvgIpc) is 2.68. The predicted molar refractivity (Wildman–Crippen MR) is 101 cm³/mol. The molecule has 0 unspecified atom stereocenters. The molecule has 0 aliphatic carbocycles. The number of carbonyl (C=O) groups excluding carboxylic acids is 2. The van der Waals surface area contributed by atoms with E-state index in [0.717, 1.165) is 11.1 Å². The number of amides is 1. The maximum atomic E-state index is 12.3. The summed E-state index contributed by atoms with van der Waals surface area (Å²) in [4.78, 5) is 23.4. The van der Waals surface area contributed by atoms with Crippen LogP contribution in [0.1, 0.15) is 31.8 Å². The lowest BCUT2D eigenvalue weighted by Gasteiger charge is -2.10. The van der Waals surface area contributed by atoms with E-state index in [-0.39, 0.29) is 11.1 Å². The Balaban J connectivity index is 1.71. The van der Waals surface area contributed by atoms with E-state index in [1.807, 2.05) is 54.6 Å². The van der Waals surface area contributed by atoms with Crippen molar-refractivity contribution < 1.29 is 14.7 Å². The fraction of sp³-hybridized carbons (Fsp3) is 0. The van der Waals surface area contributed by atoms with Gasteiger partial charge in [-0.2, -0.15) is 0 Å². The van der Waals surface area contributed by atoms with Crippen LogP contribution < -0.4 is 10.4 Å². The lowest BCUT2D eigenvalue weighted by atomic mass is 10.1. The summed E-state index contributed by atoms with van der Waals surface area (Å²) in [5, 5.41) is 13.8. The van der Waals surface area contributed by atoms with Crippen LogP contribution in [0.5, 0.6) is 0 Å². The molecule has 0 heterocycles. The van der Waals surface area contributed by atoms with Crippen LogP contribution in [0.25, 0.3) is 12.2 Å². The lowest BCUT2D eigenvalue weighted by molar-refractivity contribution is -0.255. The third-order valence-electron chi connectivity index (χ3n) is 3.83. The highest BCUT2D eigenvalue weighted by Crippen LogP contribution is 2.15. The zero-order chi connectivity index (χ0) is 18.4. The summed E-state index contributed by atoms with van der Waals surface area (Å²) < 4.78 is 0. The number of hydrogen-bond donors (Lipinski definition) is 1. The van der Waals surface area contributed by atoms with Gasteiger partial charge in [0.1, 0.15) is 0 Å². The van der Waals surface area contributed by atoms with E-state index in [9.17, 15) is 14.7 Å². The van der Waals surface area contributed by atoms with Crippen LogP contribution in [-0.4, -0.2) is 11.9 Å². The van der Waals surface area contributed by atoms with E-state index >= 15 is 0 Å². The summed E-state index contributed by atoms with van der Waals surface area (Å²) in [5.74, 6) is -1.87. The summed E-state index contributed by atoms with van der Waals surface area (Å²) in [6.07, 6.45) is 3.98. The monoisotopic (exact) mass is 342 g/mol. The Bertz CT molecular complexity index is 945. The number of carbonyl (C=O) groups is 2. The van der Waals surface area contributed by atoms with Gasteiger partial charge in [-0.05, 0) is 29.3 Å². The van der Waals surface area contributed by atoms with Gasteiger partial charge in [-0.1, -0.05) is 72.8 Å². The predicted octanol–water partition coefficient (Wildman–Crippen LogP) is 3.47. The zero-order valence-electron chi connectivity index (χ0n) is 13.9. The number of rotatable bonds is 5. The highest BCUT2D eigenvalue weighted by atomic mass is 16.4. The molecule has 0 spiro atoms. The van der Waals surface area contributed by atoms with Crippen molar-refractivity contribution in [2.24, 2.45) is 0 Å². The molecule has 3 rings (SSSR count). The van der Waals surface area contributed by atoms with Gasteiger partial charge in [0, 0.05) is 16.8 Å². The Morgan fingerprint density at radius 1 is 0.692 bits per heavy atom. The molecule has 3 aromatic carbocycles. The highest BCUT2D eigenvalue weighted by molar-refractivity contribution is 6.10. The number of aromatic carboxylic acids is 1. The molecule has 0 fully saturated rings. The van der Waals surface area contributed by atoms with Crippen LogP contribution in [0.15, 0.2) is 78.9 Å². The normalized spacial score (nSPS) is 10.6. The second kappa shape index (κ2) is 7.94. The molecule has 0 aliphatic rings. The molecular formula is C22H16NO3-. The van der Waals surface area contributed by atoms with Crippen molar-refractivity contribution in [3.8, 4) is 0 Å². The fourth-order valence-corrected chi connectivity index (χ4v) is 2.49. The van der Waals surface area contributed by atoms with E-state index in [1.165, 1.54) is 12.1 Å². The van der Waals surface area contributed by atoms with Gasteiger partial charge in [0.2, 0.25) is 0 Å². The molecule has 3 aromatic rings. The van der Waals surface area contributed by atoms with E-state index in [4.69, 9.17) is 0 Å². The quantitative estimate of drug-likeness (QED) is 0.722. The Morgan fingerprint density at radius 2 is 1.23 bits per heavy atom. The Kier molecular flexibility index (Phi) is 5.25. The maximum Gasteiger partial charge on any atom is 0.256 e. The number of hydrogen-bond acceptors (Lipinski definition) is 3. The standard InChI is InChI=1S/C22H17NO3/c24-21(19-8-4-5-9-20(19)22(25)26)23-18-14-12-17(13-15-18)11-10-16-6-2-1-3-7-16/h1-15H,(H,23,24)(H,25,26)/p-1/b11-10+. The molecule has 4 heteroatoms. The maximum absolute atomic E-state index is 12.3. The van der Waals surface area contributed by atoms with Gasteiger partial charge in [0.05, 0.1) is 5.97 Å². The number of benzene rings is 3. The van der Waals surface area contributed by atoms with Gasteiger partial charge in [-0.25, -0.2) is 0 Å². The van der Waals surface area contributed by atoms with E-state index < -0.39 is 11.9 Å². The Hall–Kier alpha value is -3.66. The Morgan fingerprint density at radius 3 is 1.85 bits per heavy atom. The van der Waals surface area contributed by atoms with Crippen LogP contribution in [0.2, 0.25) is 0 Å². The smallest absolute Gasteiger partial charge is 0.256 e. The topological polar surface area (TPSA) is 69.2 Å². The van der Waals surface area contributed by atoms with Crippen molar-refractivity contribution in [3.05, 3.63) is 101 Å². The summed E-state index contributed by atoms with van der Waals surface area (Å²) in [6.45, 7) is 0. The second-order valence-corrected chi connectivity index (χ2v) is 5.65. The fourth-order valence-electron chi connectivity index (χ4n) is 2.49. The van der Waals surface area contributed by atoms with Crippen LogP contribution in [0.4, 0.5) is 5.69 Å². The second-order valence-electron chi connectivity index (χ2n) is 5.65. The Labute approximate surface area is 151 Å². The summed E-state index contributed by atoms with van der Waals surface area (Å²) in [6, 6.07) is 23.2. The minimum absolute atomic E-state index is 0.0700.